The molecule has 2 aliphatic heterocycles. The minimum Gasteiger partial charge on any atom is -0.315 e. The summed E-state index contributed by atoms with van der Waals surface area (Å²) >= 11 is 0. The number of nitrogens with zero attached hydrogens (tertiary/aromatic N) is 4. The Hall–Kier alpha value is -4.01. The van der Waals surface area contributed by atoms with Gasteiger partial charge in [-0.3, -0.25) is 19.4 Å². The number of likely N-dealkylation sites (N-methyl/N-ethyl adjacent to an activating group) is 2. The first-order valence-electron chi connectivity index (χ1n) is 10.2. The first-order valence-corrected chi connectivity index (χ1v) is 10.2. The van der Waals surface area contributed by atoms with Gasteiger partial charge in [0.1, 0.15) is 0 Å². The lowest BCUT2D eigenvalue weighted by Crippen LogP contribution is -2.76. The molecule has 0 spiro atoms. The van der Waals surface area contributed by atoms with E-state index in [1.807, 2.05) is 30.3 Å². The fraction of sp³-hybridized carbons (Fsp3) is 0.261. The molecule has 9 heteroatoms. The maximum absolute atomic E-state index is 13.4. The van der Waals surface area contributed by atoms with Crippen LogP contribution in [0.25, 0.3) is 11.1 Å². The van der Waals surface area contributed by atoms with Gasteiger partial charge in [0.25, 0.3) is 5.91 Å². The first kappa shape index (κ1) is 19.9. The molecule has 0 radical (unpaired) electrons. The molecule has 2 aromatic rings. The summed E-state index contributed by atoms with van der Waals surface area (Å²) in [5, 5.41) is 7.79. The second-order valence-corrected chi connectivity index (χ2v) is 8.29. The van der Waals surface area contributed by atoms with Gasteiger partial charge in [-0.15, -0.1) is 0 Å². The number of carbonyl (C=O) groups excluding carboxylic acids is 4. The van der Waals surface area contributed by atoms with Crippen LogP contribution in [0.2, 0.25) is 0 Å². The molecule has 0 bridgehead atoms. The molecule has 1 atom stereocenters. The van der Waals surface area contributed by atoms with E-state index in [0.717, 1.165) is 33.0 Å². The molecule has 1 fully saturated rings. The van der Waals surface area contributed by atoms with Gasteiger partial charge in [0.15, 0.2) is 17.2 Å². The number of amides is 5. The molecule has 2 aromatic carbocycles. The van der Waals surface area contributed by atoms with Crippen molar-refractivity contribution in [2.75, 3.05) is 21.1 Å². The third-order valence-electron chi connectivity index (χ3n) is 6.35. The van der Waals surface area contributed by atoms with E-state index in [2.05, 4.69) is 16.5 Å². The normalized spacial score (nSPS) is 21.7. The molecule has 1 saturated heterocycles. The molecular formula is C23H21N5O4. The number of Topliss-reactive ketones (excluding diaryl/α,β-unsaturated/α-hetero) is 1. The van der Waals surface area contributed by atoms with E-state index >= 15 is 0 Å². The van der Waals surface area contributed by atoms with E-state index in [-0.39, 0.29) is 18.0 Å². The number of carbonyl (C=O) groups is 4. The molecule has 5 amide bonds. The van der Waals surface area contributed by atoms with E-state index in [0.29, 0.717) is 5.56 Å². The second-order valence-electron chi connectivity index (χ2n) is 8.29. The number of hydrogen-bond acceptors (Lipinski definition) is 5. The maximum atomic E-state index is 13.4. The molecule has 2 heterocycles. The molecule has 0 aromatic heterocycles. The predicted molar refractivity (Wildman–Crippen MR) is 116 cm³/mol. The van der Waals surface area contributed by atoms with Crippen LogP contribution >= 0.6 is 0 Å². The number of imide groups is 1. The van der Waals surface area contributed by atoms with Gasteiger partial charge >= 0.3 is 12.1 Å². The molecule has 32 heavy (non-hydrogen) atoms. The molecule has 3 aliphatic rings. The number of rotatable bonds is 3. The van der Waals surface area contributed by atoms with Crippen LogP contribution in [-0.4, -0.2) is 71.1 Å². The van der Waals surface area contributed by atoms with E-state index in [9.17, 15) is 19.2 Å². The fourth-order valence-corrected chi connectivity index (χ4v) is 4.62. The van der Waals surface area contributed by atoms with Crippen molar-refractivity contribution >= 4 is 29.6 Å². The molecule has 1 unspecified atom stereocenters. The van der Waals surface area contributed by atoms with Crippen LogP contribution < -0.4 is 5.32 Å². The second kappa shape index (κ2) is 6.74. The van der Waals surface area contributed by atoms with E-state index in [4.69, 9.17) is 0 Å². The van der Waals surface area contributed by atoms with Crippen molar-refractivity contribution in [2.24, 2.45) is 5.10 Å². The summed E-state index contributed by atoms with van der Waals surface area (Å²) < 4.78 is 0. The Kier molecular flexibility index (Phi) is 4.20. The van der Waals surface area contributed by atoms with Crippen LogP contribution in [-0.2, 0) is 11.2 Å². The van der Waals surface area contributed by atoms with Gasteiger partial charge in [0, 0.05) is 26.7 Å². The zero-order valence-electron chi connectivity index (χ0n) is 17.9. The van der Waals surface area contributed by atoms with E-state index in [1.165, 1.54) is 31.6 Å². The van der Waals surface area contributed by atoms with Gasteiger partial charge in [-0.05, 0) is 34.7 Å². The Morgan fingerprint density at radius 3 is 2.50 bits per heavy atom. The maximum Gasteiger partial charge on any atom is 0.338 e. The van der Waals surface area contributed by atoms with Gasteiger partial charge in [-0.1, -0.05) is 36.4 Å². The third kappa shape index (κ3) is 2.67. The first-order chi connectivity index (χ1) is 15.2. The monoisotopic (exact) mass is 431 g/mol. The molecule has 0 saturated carbocycles. The molecular weight excluding hydrogens is 410 g/mol. The highest BCUT2D eigenvalue weighted by Crippen LogP contribution is 2.37. The fourth-order valence-electron chi connectivity index (χ4n) is 4.62. The lowest BCUT2D eigenvalue weighted by Gasteiger charge is -2.46. The lowest BCUT2D eigenvalue weighted by molar-refractivity contribution is -0.133. The number of fused-ring (bicyclic) bond motifs is 4. The Morgan fingerprint density at radius 1 is 1.00 bits per heavy atom. The Balaban J connectivity index is 1.55. The number of amidine groups is 1. The summed E-state index contributed by atoms with van der Waals surface area (Å²) in [5.41, 5.74) is 3.09. The van der Waals surface area contributed by atoms with Gasteiger partial charge in [-0.25, -0.2) is 14.6 Å². The van der Waals surface area contributed by atoms with Crippen molar-refractivity contribution in [3.63, 3.8) is 0 Å². The summed E-state index contributed by atoms with van der Waals surface area (Å²) in [6.07, 6.45) is 0.450. The molecule has 1 N–H and O–H groups in total. The van der Waals surface area contributed by atoms with Crippen molar-refractivity contribution in [3.8, 4) is 11.1 Å². The SMILES string of the molecule is CN1N=C2N(C)C(=O)N(C)C(=O)C2(CC(=O)c2ccc3c(c2)-c2ccccc2C3)NC1=O. The predicted octanol–water partition coefficient (Wildman–Crippen LogP) is 2.06. The summed E-state index contributed by atoms with van der Waals surface area (Å²) in [5.74, 6) is -1.01. The molecule has 162 valence electrons. The quantitative estimate of drug-likeness (QED) is 0.641. The number of urea groups is 2. The average Bonchev–Trinajstić information content (AvgIpc) is 3.16. The lowest BCUT2D eigenvalue weighted by atomic mass is 9.84. The summed E-state index contributed by atoms with van der Waals surface area (Å²) in [4.78, 5) is 53.6. The van der Waals surface area contributed by atoms with Gasteiger partial charge in [0.05, 0.1) is 6.42 Å². The summed E-state index contributed by atoms with van der Waals surface area (Å²) in [6, 6.07) is 12.3. The van der Waals surface area contributed by atoms with Crippen LogP contribution in [0.15, 0.2) is 47.6 Å². The summed E-state index contributed by atoms with van der Waals surface area (Å²) in [6.45, 7) is 0. The highest BCUT2D eigenvalue weighted by atomic mass is 16.2. The average molecular weight is 431 g/mol. The number of nitrogens with one attached hydrogen (secondary N) is 1. The van der Waals surface area contributed by atoms with Crippen LogP contribution in [0, 0.1) is 0 Å². The zero-order chi connectivity index (χ0) is 22.8. The van der Waals surface area contributed by atoms with Gasteiger partial charge in [0.2, 0.25) is 0 Å². The Bertz CT molecular complexity index is 1250. The third-order valence-corrected chi connectivity index (χ3v) is 6.35. The van der Waals surface area contributed by atoms with E-state index < -0.39 is 23.5 Å². The van der Waals surface area contributed by atoms with Crippen molar-refractivity contribution in [3.05, 3.63) is 59.2 Å². The van der Waals surface area contributed by atoms with Crippen LogP contribution in [0.3, 0.4) is 0 Å². The van der Waals surface area contributed by atoms with Crippen molar-refractivity contribution in [1.82, 2.24) is 20.1 Å². The van der Waals surface area contributed by atoms with Crippen LogP contribution in [0.5, 0.6) is 0 Å². The van der Waals surface area contributed by atoms with Crippen molar-refractivity contribution in [2.45, 2.75) is 18.4 Å². The smallest absolute Gasteiger partial charge is 0.315 e. The highest BCUT2D eigenvalue weighted by molar-refractivity contribution is 6.27. The molecule has 9 nitrogen and oxygen atoms in total. The minimum absolute atomic E-state index is 0.0209. The topological polar surface area (TPSA) is 102 Å². The van der Waals surface area contributed by atoms with E-state index in [1.54, 1.807) is 6.07 Å². The highest BCUT2D eigenvalue weighted by Gasteiger charge is 2.58. The van der Waals surface area contributed by atoms with Gasteiger partial charge < -0.3 is 5.32 Å². The van der Waals surface area contributed by atoms with Crippen LogP contribution in [0.4, 0.5) is 9.59 Å². The molecule has 5 rings (SSSR count). The van der Waals surface area contributed by atoms with Crippen molar-refractivity contribution in [1.29, 1.82) is 0 Å². The van der Waals surface area contributed by atoms with Crippen molar-refractivity contribution < 1.29 is 19.2 Å². The summed E-state index contributed by atoms with van der Waals surface area (Å²) in [7, 11) is 4.19. The Morgan fingerprint density at radius 2 is 1.72 bits per heavy atom. The molecule has 1 aliphatic carbocycles. The minimum atomic E-state index is -1.75. The number of ketones is 1. The number of hydrazone groups is 1. The van der Waals surface area contributed by atoms with Crippen LogP contribution in [0.1, 0.15) is 27.9 Å². The zero-order valence-corrected chi connectivity index (χ0v) is 17.9. The Labute approximate surface area is 184 Å². The number of hydrogen-bond donors (Lipinski definition) is 1. The standard InChI is InChI=1S/C23H21N5O4/c1-26-19-23(20(30)27(2)22(26)32,24-21(31)28(3)25-19)12-18(29)15-9-8-14-10-13-6-4-5-7-16(13)17(14)11-15/h4-9,11H,10,12H2,1-3H3,(H,24,31). The number of benzene rings is 2. The largest absolute Gasteiger partial charge is 0.338 e. The van der Waals surface area contributed by atoms with Gasteiger partial charge in [-0.2, -0.15) is 5.10 Å².